The molecule has 0 saturated carbocycles. The third kappa shape index (κ3) is 2.66. The van der Waals surface area contributed by atoms with Crippen molar-refractivity contribution in [1.29, 1.82) is 0 Å². The van der Waals surface area contributed by atoms with Crippen LogP contribution in [0.4, 0.5) is 0 Å². The Bertz CT molecular complexity index is 645. The van der Waals surface area contributed by atoms with Crippen molar-refractivity contribution in [2.75, 3.05) is 0 Å². The number of hydrogen-bond donors (Lipinski definition) is 2. The van der Waals surface area contributed by atoms with E-state index in [0.29, 0.717) is 18.0 Å². The van der Waals surface area contributed by atoms with Crippen LogP contribution >= 0.6 is 0 Å². The van der Waals surface area contributed by atoms with E-state index < -0.39 is 5.97 Å². The maximum atomic E-state index is 11.3. The average Bonchev–Trinajstić information content (AvgIpc) is 2.72. The predicted octanol–water partition coefficient (Wildman–Crippen LogP) is 2.78. The Kier molecular flexibility index (Phi) is 3.79. The Morgan fingerprint density at radius 1 is 1.40 bits per heavy atom. The molecule has 0 radical (unpaired) electrons. The first kappa shape index (κ1) is 14.1. The van der Waals surface area contributed by atoms with Crippen LogP contribution in [0.15, 0.2) is 24.4 Å². The summed E-state index contributed by atoms with van der Waals surface area (Å²) >= 11 is 0. The molecule has 1 aromatic carbocycles. The molecular weight excluding hydrogens is 256 g/mol. The van der Waals surface area contributed by atoms with Gasteiger partial charge in [0.05, 0.1) is 17.6 Å². The summed E-state index contributed by atoms with van der Waals surface area (Å²) in [5.41, 5.74) is 2.54. The highest BCUT2D eigenvalue weighted by atomic mass is 16.4. The van der Waals surface area contributed by atoms with E-state index in [4.69, 9.17) is 0 Å². The zero-order chi connectivity index (χ0) is 14.9. The van der Waals surface area contributed by atoms with Gasteiger partial charge in [0.1, 0.15) is 11.3 Å². The van der Waals surface area contributed by atoms with Crippen molar-refractivity contribution in [3.05, 3.63) is 41.2 Å². The van der Waals surface area contributed by atoms with E-state index in [0.717, 1.165) is 11.3 Å². The number of phenolic OH excluding ortho intramolecular Hbond substituents is 1. The van der Waals surface area contributed by atoms with E-state index in [-0.39, 0.29) is 11.3 Å². The molecule has 0 aliphatic carbocycles. The molecule has 0 fully saturated rings. The normalized spacial score (nSPS) is 11.0. The van der Waals surface area contributed by atoms with Gasteiger partial charge in [0, 0.05) is 0 Å². The summed E-state index contributed by atoms with van der Waals surface area (Å²) in [6.45, 7) is 5.93. The lowest BCUT2D eigenvalue weighted by atomic mass is 10.0. The zero-order valence-electron chi connectivity index (χ0n) is 11.8. The Hall–Kier alpha value is -2.30. The molecule has 20 heavy (non-hydrogen) atoms. The molecule has 106 valence electrons. The molecular formula is C15H18N2O3. The molecule has 0 atom stereocenters. The number of phenols is 1. The number of carboxylic acid groups (broad SMARTS) is 1. The summed E-state index contributed by atoms with van der Waals surface area (Å²) in [7, 11) is 0. The van der Waals surface area contributed by atoms with Crippen LogP contribution in [-0.4, -0.2) is 26.0 Å². The SMILES string of the molecule is Cc1cc(O)ccc1-n1ncc(C(=O)O)c1CC(C)C. The van der Waals surface area contributed by atoms with Gasteiger partial charge in [0.15, 0.2) is 0 Å². The molecule has 5 nitrogen and oxygen atoms in total. The fourth-order valence-corrected chi connectivity index (χ4v) is 2.22. The van der Waals surface area contributed by atoms with Gasteiger partial charge in [-0.3, -0.25) is 0 Å². The van der Waals surface area contributed by atoms with Crippen LogP contribution in [0.25, 0.3) is 5.69 Å². The van der Waals surface area contributed by atoms with E-state index >= 15 is 0 Å². The number of hydrogen-bond acceptors (Lipinski definition) is 3. The fourth-order valence-electron chi connectivity index (χ4n) is 2.22. The quantitative estimate of drug-likeness (QED) is 0.899. The van der Waals surface area contributed by atoms with Gasteiger partial charge in [0.2, 0.25) is 0 Å². The smallest absolute Gasteiger partial charge is 0.339 e. The molecule has 2 rings (SSSR count). The molecule has 2 aromatic rings. The zero-order valence-corrected chi connectivity index (χ0v) is 11.8. The van der Waals surface area contributed by atoms with Crippen LogP contribution in [0, 0.1) is 12.8 Å². The number of benzene rings is 1. The maximum Gasteiger partial charge on any atom is 0.339 e. The topological polar surface area (TPSA) is 75.3 Å². The first-order valence-electron chi connectivity index (χ1n) is 6.50. The second-order valence-corrected chi connectivity index (χ2v) is 5.29. The minimum atomic E-state index is -0.969. The van der Waals surface area contributed by atoms with Gasteiger partial charge in [0.25, 0.3) is 0 Å². The van der Waals surface area contributed by atoms with Crippen molar-refractivity contribution < 1.29 is 15.0 Å². The lowest BCUT2D eigenvalue weighted by Crippen LogP contribution is -2.10. The molecule has 1 heterocycles. The molecule has 0 bridgehead atoms. The Morgan fingerprint density at radius 2 is 2.10 bits per heavy atom. The summed E-state index contributed by atoms with van der Waals surface area (Å²) < 4.78 is 1.65. The number of carboxylic acids is 1. The fraction of sp³-hybridized carbons (Fsp3) is 0.333. The summed E-state index contributed by atoms with van der Waals surface area (Å²) in [5, 5.41) is 22.9. The number of carbonyl (C=O) groups is 1. The van der Waals surface area contributed by atoms with Gasteiger partial charge < -0.3 is 10.2 Å². The van der Waals surface area contributed by atoms with E-state index in [1.165, 1.54) is 6.20 Å². The van der Waals surface area contributed by atoms with E-state index in [1.54, 1.807) is 22.9 Å². The van der Waals surface area contributed by atoms with Gasteiger partial charge >= 0.3 is 5.97 Å². The Labute approximate surface area is 117 Å². The molecule has 1 aromatic heterocycles. The second-order valence-electron chi connectivity index (χ2n) is 5.29. The van der Waals surface area contributed by atoms with Gasteiger partial charge in [-0.2, -0.15) is 5.10 Å². The minimum absolute atomic E-state index is 0.183. The molecule has 0 aliphatic heterocycles. The first-order chi connectivity index (χ1) is 9.40. The molecule has 0 amide bonds. The second kappa shape index (κ2) is 5.36. The number of aromatic nitrogens is 2. The van der Waals surface area contributed by atoms with Crippen molar-refractivity contribution in [3.63, 3.8) is 0 Å². The van der Waals surface area contributed by atoms with Crippen LogP contribution in [0.3, 0.4) is 0 Å². The Balaban J connectivity index is 2.58. The molecule has 2 N–H and O–H groups in total. The lowest BCUT2D eigenvalue weighted by Gasteiger charge is -2.13. The summed E-state index contributed by atoms with van der Waals surface area (Å²) in [4.78, 5) is 11.3. The molecule has 0 unspecified atom stereocenters. The van der Waals surface area contributed by atoms with E-state index in [9.17, 15) is 15.0 Å². The van der Waals surface area contributed by atoms with Crippen molar-refractivity contribution in [1.82, 2.24) is 9.78 Å². The van der Waals surface area contributed by atoms with E-state index in [2.05, 4.69) is 5.10 Å². The highest BCUT2D eigenvalue weighted by molar-refractivity contribution is 5.88. The van der Waals surface area contributed by atoms with Crippen LogP contribution in [-0.2, 0) is 6.42 Å². The number of aromatic carboxylic acids is 1. The van der Waals surface area contributed by atoms with E-state index in [1.807, 2.05) is 20.8 Å². The maximum absolute atomic E-state index is 11.3. The number of aryl methyl sites for hydroxylation is 1. The Morgan fingerprint density at radius 3 is 2.65 bits per heavy atom. The standard InChI is InChI=1S/C15H18N2O3/c1-9(2)6-14-12(15(19)20)8-16-17(14)13-5-4-11(18)7-10(13)3/h4-5,7-9,18H,6H2,1-3H3,(H,19,20). The largest absolute Gasteiger partial charge is 0.508 e. The molecule has 0 saturated heterocycles. The highest BCUT2D eigenvalue weighted by Gasteiger charge is 2.19. The molecule has 0 aliphatic rings. The van der Waals surface area contributed by atoms with Crippen molar-refractivity contribution in [2.45, 2.75) is 27.2 Å². The van der Waals surface area contributed by atoms with Crippen LogP contribution < -0.4 is 0 Å². The monoisotopic (exact) mass is 274 g/mol. The van der Waals surface area contributed by atoms with Gasteiger partial charge in [-0.25, -0.2) is 9.48 Å². The van der Waals surface area contributed by atoms with Crippen molar-refractivity contribution in [2.24, 2.45) is 5.92 Å². The van der Waals surface area contributed by atoms with Crippen molar-refractivity contribution >= 4 is 5.97 Å². The van der Waals surface area contributed by atoms with Crippen molar-refractivity contribution in [3.8, 4) is 11.4 Å². The van der Waals surface area contributed by atoms with Gasteiger partial charge in [-0.1, -0.05) is 13.8 Å². The third-order valence-corrected chi connectivity index (χ3v) is 3.11. The highest BCUT2D eigenvalue weighted by Crippen LogP contribution is 2.23. The third-order valence-electron chi connectivity index (χ3n) is 3.11. The summed E-state index contributed by atoms with van der Waals surface area (Å²) in [6.07, 6.45) is 2.01. The van der Waals surface area contributed by atoms with Crippen LogP contribution in [0.5, 0.6) is 5.75 Å². The average molecular weight is 274 g/mol. The van der Waals surface area contributed by atoms with Gasteiger partial charge in [-0.05, 0) is 43.0 Å². The number of aromatic hydroxyl groups is 1. The molecule has 0 spiro atoms. The van der Waals surface area contributed by atoms with Crippen LogP contribution in [0.1, 0.15) is 35.5 Å². The van der Waals surface area contributed by atoms with Gasteiger partial charge in [-0.15, -0.1) is 0 Å². The first-order valence-corrected chi connectivity index (χ1v) is 6.50. The molecule has 5 heteroatoms. The number of nitrogens with zero attached hydrogens (tertiary/aromatic N) is 2. The lowest BCUT2D eigenvalue weighted by molar-refractivity contribution is 0.0695. The number of rotatable bonds is 4. The van der Waals surface area contributed by atoms with Crippen LogP contribution in [0.2, 0.25) is 0 Å². The summed E-state index contributed by atoms with van der Waals surface area (Å²) in [5.74, 6) is -0.466. The summed E-state index contributed by atoms with van der Waals surface area (Å²) in [6, 6.07) is 4.95. The minimum Gasteiger partial charge on any atom is -0.508 e. The predicted molar refractivity (Wildman–Crippen MR) is 75.5 cm³/mol.